The third-order valence-corrected chi connectivity index (χ3v) is 4.52. The van der Waals surface area contributed by atoms with Crippen molar-refractivity contribution in [2.45, 2.75) is 30.8 Å². The van der Waals surface area contributed by atoms with E-state index >= 15 is 0 Å². The van der Waals surface area contributed by atoms with Crippen LogP contribution in [0.4, 0.5) is 4.39 Å². The van der Waals surface area contributed by atoms with E-state index in [1.165, 1.54) is 0 Å². The molecule has 0 aromatic rings. The maximum Gasteiger partial charge on any atom is 0.157 e. The van der Waals surface area contributed by atoms with Crippen LogP contribution in [-0.2, 0) is 10.7 Å². The molecule has 0 aromatic heterocycles. The van der Waals surface area contributed by atoms with Gasteiger partial charge in [0, 0.05) is 19.6 Å². The van der Waals surface area contributed by atoms with Gasteiger partial charge >= 0.3 is 0 Å². The number of hydrogen-bond acceptors (Lipinski definition) is 4. The third kappa shape index (κ3) is 3.63. The van der Waals surface area contributed by atoms with Gasteiger partial charge in [0.25, 0.3) is 0 Å². The Balaban J connectivity index is 1.92. The predicted molar refractivity (Wildman–Crippen MR) is 65.2 cm³/mol. The molecule has 0 spiro atoms. The normalized spacial score (nSPS) is 29.9. The molecule has 0 N–H and O–H groups in total. The largest absolute Gasteiger partial charge is 0.298 e. The van der Waals surface area contributed by atoms with Gasteiger partial charge in [0.1, 0.15) is 11.5 Å². The van der Waals surface area contributed by atoms with Gasteiger partial charge in [0.05, 0.1) is 0 Å². The predicted octanol–water partition coefficient (Wildman–Crippen LogP) is 0.268. The number of halogens is 1. The van der Waals surface area contributed by atoms with E-state index < -0.39 is 22.2 Å². The van der Waals surface area contributed by atoms with Crippen LogP contribution in [0, 0.1) is 6.42 Å². The monoisotopic (exact) mass is 263 g/mol. The van der Waals surface area contributed by atoms with Crippen LogP contribution in [-0.4, -0.2) is 62.5 Å². The molecule has 4 nitrogen and oxygen atoms in total. The minimum Gasteiger partial charge on any atom is -0.298 e. The van der Waals surface area contributed by atoms with Crippen LogP contribution in [0.1, 0.15) is 19.3 Å². The Kier molecular flexibility index (Phi) is 4.76. The molecule has 2 heterocycles. The van der Waals surface area contributed by atoms with Crippen molar-refractivity contribution >= 4 is 10.7 Å². The highest BCUT2D eigenvalue weighted by Crippen LogP contribution is 2.17. The maximum absolute atomic E-state index is 13.1. The smallest absolute Gasteiger partial charge is 0.157 e. The quantitative estimate of drug-likeness (QED) is 0.739. The highest BCUT2D eigenvalue weighted by molar-refractivity contribution is 7.73. The second-order valence-electron chi connectivity index (χ2n) is 4.81. The summed E-state index contributed by atoms with van der Waals surface area (Å²) in [6.07, 6.45) is 3.85. The second kappa shape index (κ2) is 6.11. The van der Waals surface area contributed by atoms with Crippen LogP contribution < -0.4 is 0 Å². The van der Waals surface area contributed by atoms with Crippen LogP contribution in [0.5, 0.6) is 0 Å². The lowest BCUT2D eigenvalue weighted by Gasteiger charge is -2.33. The summed E-state index contributed by atoms with van der Waals surface area (Å²) in [5.41, 5.74) is 0. The van der Waals surface area contributed by atoms with Gasteiger partial charge in [-0.3, -0.25) is 9.80 Å². The molecule has 2 aliphatic heterocycles. The lowest BCUT2D eigenvalue weighted by Crippen LogP contribution is -2.46. The van der Waals surface area contributed by atoms with Gasteiger partial charge in [-0.05, 0) is 38.8 Å². The van der Waals surface area contributed by atoms with E-state index in [4.69, 9.17) is 0 Å². The van der Waals surface area contributed by atoms with Crippen molar-refractivity contribution in [1.29, 1.82) is 0 Å². The molecule has 1 unspecified atom stereocenters. The van der Waals surface area contributed by atoms with Gasteiger partial charge in [-0.1, -0.05) is 0 Å². The van der Waals surface area contributed by atoms with Crippen LogP contribution in [0.15, 0.2) is 0 Å². The van der Waals surface area contributed by atoms with Crippen molar-refractivity contribution in [2.75, 3.05) is 32.7 Å². The zero-order chi connectivity index (χ0) is 12.3. The third-order valence-electron chi connectivity index (χ3n) is 3.54. The summed E-state index contributed by atoms with van der Waals surface area (Å²) in [4.78, 5) is 3.94. The van der Waals surface area contributed by atoms with E-state index in [0.717, 1.165) is 25.9 Å². The first-order chi connectivity index (χ1) is 8.16. The van der Waals surface area contributed by atoms with Crippen molar-refractivity contribution in [1.82, 2.24) is 9.80 Å². The van der Waals surface area contributed by atoms with Gasteiger partial charge in [-0.2, -0.15) is 0 Å². The fourth-order valence-electron chi connectivity index (χ4n) is 2.57. The summed E-state index contributed by atoms with van der Waals surface area (Å²) >= 11 is 0. The van der Waals surface area contributed by atoms with Crippen molar-refractivity contribution < 1.29 is 12.8 Å². The van der Waals surface area contributed by atoms with Crippen molar-refractivity contribution in [3.63, 3.8) is 0 Å². The fraction of sp³-hybridized carbons (Fsp3) is 0.909. The summed E-state index contributed by atoms with van der Waals surface area (Å²) < 4.78 is 35.7. The molecule has 0 bridgehead atoms. The molecular weight excluding hydrogens is 243 g/mol. The van der Waals surface area contributed by atoms with Gasteiger partial charge in [-0.25, -0.2) is 12.8 Å². The van der Waals surface area contributed by atoms with E-state index in [0.29, 0.717) is 26.1 Å². The Morgan fingerprint density at radius 3 is 2.53 bits per heavy atom. The van der Waals surface area contributed by atoms with Crippen LogP contribution >= 0.6 is 0 Å². The number of likely N-dealkylation sites (tertiary alicyclic amines) is 2. The number of thiol groups is 1. The number of rotatable bonds is 4. The zero-order valence-electron chi connectivity index (χ0n) is 9.93. The summed E-state index contributed by atoms with van der Waals surface area (Å²) in [5, 5.41) is -0.441. The summed E-state index contributed by atoms with van der Waals surface area (Å²) in [6.45, 7) is 3.14. The molecule has 0 amide bonds. The highest BCUT2D eigenvalue weighted by atomic mass is 32.2. The minimum absolute atomic E-state index is 0.389. The summed E-state index contributed by atoms with van der Waals surface area (Å²) in [5.74, 6) is 0. The molecule has 99 valence electrons. The van der Waals surface area contributed by atoms with Gasteiger partial charge in [-0.15, -0.1) is 0 Å². The summed E-state index contributed by atoms with van der Waals surface area (Å²) in [7, 11) is -2.47. The molecule has 1 radical (unpaired) electrons. The second-order valence-corrected chi connectivity index (χ2v) is 5.98. The van der Waals surface area contributed by atoms with E-state index in [1.807, 2.05) is 9.80 Å². The topological polar surface area (TPSA) is 40.6 Å². The standard InChI is InChI=1S/C11H20FN2O2S/c12-10-4-7-13(8-10)9-11(17(15)16)14-5-2-1-3-6-14/h1,10-11,17H,2-9H2/t10-,11?/m0/s1. The lowest BCUT2D eigenvalue weighted by atomic mass is 10.1. The molecule has 0 saturated carbocycles. The molecule has 2 rings (SSSR count). The Morgan fingerprint density at radius 2 is 2.00 bits per heavy atom. The fourth-order valence-corrected chi connectivity index (χ4v) is 3.43. The molecule has 2 aliphatic rings. The first kappa shape index (κ1) is 13.2. The Labute approximate surface area is 104 Å². The van der Waals surface area contributed by atoms with E-state index in [2.05, 4.69) is 6.42 Å². The van der Waals surface area contributed by atoms with Crippen LogP contribution in [0.25, 0.3) is 0 Å². The van der Waals surface area contributed by atoms with Crippen LogP contribution in [0.3, 0.4) is 0 Å². The van der Waals surface area contributed by atoms with Gasteiger partial charge in [0.2, 0.25) is 0 Å². The first-order valence-electron chi connectivity index (χ1n) is 6.22. The lowest BCUT2D eigenvalue weighted by molar-refractivity contribution is 0.182. The van der Waals surface area contributed by atoms with E-state index in [-0.39, 0.29) is 0 Å². The number of alkyl halides is 1. The molecular formula is C11H20FN2O2S. The summed E-state index contributed by atoms with van der Waals surface area (Å²) in [6, 6.07) is 0. The Morgan fingerprint density at radius 1 is 1.29 bits per heavy atom. The Hall–Kier alpha value is -0.200. The van der Waals surface area contributed by atoms with Gasteiger partial charge < -0.3 is 0 Å². The molecule has 0 aliphatic carbocycles. The first-order valence-corrected chi connectivity index (χ1v) is 7.47. The molecule has 2 fully saturated rings. The molecule has 2 atom stereocenters. The van der Waals surface area contributed by atoms with Crippen molar-refractivity contribution in [2.24, 2.45) is 0 Å². The van der Waals surface area contributed by atoms with Crippen LogP contribution in [0.2, 0.25) is 0 Å². The molecule has 2 saturated heterocycles. The van der Waals surface area contributed by atoms with E-state index in [9.17, 15) is 12.8 Å². The average molecular weight is 263 g/mol. The zero-order valence-corrected chi connectivity index (χ0v) is 10.8. The molecule has 17 heavy (non-hydrogen) atoms. The average Bonchev–Trinajstić information content (AvgIpc) is 2.73. The SMILES string of the molecule is O=[SH](=O)C(CN1CC[C@H](F)C1)N1CC[CH]CC1. The van der Waals surface area contributed by atoms with E-state index in [1.54, 1.807) is 0 Å². The van der Waals surface area contributed by atoms with Gasteiger partial charge in [0.15, 0.2) is 10.7 Å². The minimum atomic E-state index is -2.47. The number of piperidine rings is 1. The van der Waals surface area contributed by atoms with Crippen molar-refractivity contribution in [3.05, 3.63) is 6.42 Å². The molecule has 0 aromatic carbocycles. The number of hydrogen-bond donors (Lipinski definition) is 1. The number of nitrogens with zero attached hydrogens (tertiary/aromatic N) is 2. The van der Waals surface area contributed by atoms with Crippen molar-refractivity contribution in [3.8, 4) is 0 Å². The molecule has 6 heteroatoms. The highest BCUT2D eigenvalue weighted by Gasteiger charge is 2.29. The maximum atomic E-state index is 13.1. The Bertz CT molecular complexity index is 311.